The van der Waals surface area contributed by atoms with Crippen LogP contribution in [0.2, 0.25) is 0 Å². The standard InChI is InChI=1S/C20H18N2O3S/c1-12-4-2-3-5-14(12)10-25-17-9-18(26-19(17)20(23)24)13-6-7-15-16(8-13)22-11-21-15/h2-7,9,11,13H,8,10H2,1H3,(H,21,22)(H,23,24). The minimum Gasteiger partial charge on any atom is -0.487 e. The lowest BCUT2D eigenvalue weighted by molar-refractivity contribution is 0.0697. The van der Waals surface area contributed by atoms with E-state index in [1.54, 1.807) is 6.33 Å². The van der Waals surface area contributed by atoms with Crippen molar-refractivity contribution in [3.05, 3.63) is 75.0 Å². The first kappa shape index (κ1) is 16.6. The second-order valence-electron chi connectivity index (χ2n) is 6.30. The highest BCUT2D eigenvalue weighted by molar-refractivity contribution is 7.14. The maximum absolute atomic E-state index is 11.6. The minimum atomic E-state index is -0.956. The highest BCUT2D eigenvalue weighted by atomic mass is 32.1. The molecule has 1 aromatic carbocycles. The number of hydrogen-bond acceptors (Lipinski definition) is 4. The van der Waals surface area contributed by atoms with Gasteiger partial charge in [0.25, 0.3) is 0 Å². The fraction of sp³-hybridized carbons (Fsp3) is 0.200. The predicted octanol–water partition coefficient (Wildman–Crippen LogP) is 4.41. The third-order valence-electron chi connectivity index (χ3n) is 4.58. The number of aryl methyl sites for hydroxylation is 1. The molecule has 6 heteroatoms. The summed E-state index contributed by atoms with van der Waals surface area (Å²) < 4.78 is 5.88. The van der Waals surface area contributed by atoms with E-state index in [1.165, 1.54) is 11.3 Å². The van der Waals surface area contributed by atoms with Gasteiger partial charge in [-0.1, -0.05) is 30.3 Å². The molecule has 0 bridgehead atoms. The van der Waals surface area contributed by atoms with E-state index in [-0.39, 0.29) is 10.8 Å². The summed E-state index contributed by atoms with van der Waals surface area (Å²) in [4.78, 5) is 20.3. The van der Waals surface area contributed by atoms with E-state index in [0.717, 1.165) is 33.8 Å². The van der Waals surface area contributed by atoms with Crippen LogP contribution >= 0.6 is 11.3 Å². The molecular weight excluding hydrogens is 348 g/mol. The number of H-pyrrole nitrogens is 1. The first-order valence-corrected chi connectivity index (χ1v) is 9.18. The summed E-state index contributed by atoms with van der Waals surface area (Å²) in [6, 6.07) is 9.81. The number of aromatic carboxylic acids is 1. The van der Waals surface area contributed by atoms with Crippen molar-refractivity contribution in [2.45, 2.75) is 25.9 Å². The molecule has 1 aliphatic rings. The third kappa shape index (κ3) is 3.15. The van der Waals surface area contributed by atoms with Crippen molar-refractivity contribution in [2.75, 3.05) is 0 Å². The summed E-state index contributed by atoms with van der Waals surface area (Å²) in [5.41, 5.74) is 4.20. The number of nitrogens with one attached hydrogen (secondary N) is 1. The Hall–Kier alpha value is -2.86. The quantitative estimate of drug-likeness (QED) is 0.701. The largest absolute Gasteiger partial charge is 0.487 e. The first-order valence-electron chi connectivity index (χ1n) is 8.36. The van der Waals surface area contributed by atoms with Crippen molar-refractivity contribution < 1.29 is 14.6 Å². The zero-order valence-electron chi connectivity index (χ0n) is 14.2. The highest BCUT2D eigenvalue weighted by Gasteiger charge is 2.24. The van der Waals surface area contributed by atoms with E-state index in [1.807, 2.05) is 43.3 Å². The zero-order valence-corrected chi connectivity index (χ0v) is 15.0. The first-order chi connectivity index (χ1) is 12.6. The van der Waals surface area contributed by atoms with Crippen molar-refractivity contribution in [2.24, 2.45) is 0 Å². The Balaban J connectivity index is 1.58. The van der Waals surface area contributed by atoms with Gasteiger partial charge in [0.1, 0.15) is 12.4 Å². The molecule has 0 fully saturated rings. The molecule has 0 saturated heterocycles. The van der Waals surface area contributed by atoms with E-state index in [4.69, 9.17) is 4.74 Å². The number of nitrogens with zero attached hydrogens (tertiary/aromatic N) is 1. The molecule has 132 valence electrons. The molecule has 0 saturated carbocycles. The summed E-state index contributed by atoms with van der Waals surface area (Å²) in [7, 11) is 0. The molecule has 2 heterocycles. The van der Waals surface area contributed by atoms with E-state index < -0.39 is 5.97 Å². The Bertz CT molecular complexity index is 987. The number of thiophene rings is 1. The van der Waals surface area contributed by atoms with E-state index in [0.29, 0.717) is 12.4 Å². The highest BCUT2D eigenvalue weighted by Crippen LogP contribution is 2.38. The molecule has 0 radical (unpaired) electrons. The number of imidazole rings is 1. The third-order valence-corrected chi connectivity index (χ3v) is 5.82. The summed E-state index contributed by atoms with van der Waals surface area (Å²) in [6.07, 6.45) is 6.52. The van der Waals surface area contributed by atoms with Crippen molar-refractivity contribution in [1.82, 2.24) is 9.97 Å². The van der Waals surface area contributed by atoms with E-state index in [2.05, 4.69) is 16.0 Å². The van der Waals surface area contributed by atoms with Crippen LogP contribution in [0.25, 0.3) is 6.08 Å². The predicted molar refractivity (Wildman–Crippen MR) is 101 cm³/mol. The van der Waals surface area contributed by atoms with Crippen LogP contribution in [0, 0.1) is 6.92 Å². The number of fused-ring (bicyclic) bond motifs is 1. The number of carboxylic acid groups (broad SMARTS) is 1. The Morgan fingerprint density at radius 3 is 3.08 bits per heavy atom. The lowest BCUT2D eigenvalue weighted by atomic mass is 9.95. The number of allylic oxidation sites excluding steroid dienone is 1. The summed E-state index contributed by atoms with van der Waals surface area (Å²) >= 11 is 1.28. The average Bonchev–Trinajstić information content (AvgIpc) is 3.27. The maximum Gasteiger partial charge on any atom is 0.349 e. The molecule has 1 aliphatic carbocycles. The van der Waals surface area contributed by atoms with Crippen molar-refractivity contribution in [1.29, 1.82) is 0 Å². The van der Waals surface area contributed by atoms with Crippen LogP contribution in [0.15, 0.2) is 42.7 Å². The number of aromatic nitrogens is 2. The van der Waals surface area contributed by atoms with Crippen LogP contribution in [0.4, 0.5) is 0 Å². The van der Waals surface area contributed by atoms with Crippen LogP contribution in [-0.4, -0.2) is 21.0 Å². The normalized spacial score (nSPS) is 15.7. The van der Waals surface area contributed by atoms with Crippen molar-refractivity contribution >= 4 is 23.4 Å². The van der Waals surface area contributed by atoms with E-state index >= 15 is 0 Å². The molecule has 2 aromatic heterocycles. The molecule has 0 amide bonds. The Morgan fingerprint density at radius 2 is 2.27 bits per heavy atom. The number of carboxylic acids is 1. The van der Waals surface area contributed by atoms with Gasteiger partial charge in [0.05, 0.1) is 12.0 Å². The number of aromatic amines is 1. The molecule has 0 aliphatic heterocycles. The topological polar surface area (TPSA) is 75.2 Å². The Morgan fingerprint density at radius 1 is 1.42 bits per heavy atom. The number of benzene rings is 1. The van der Waals surface area contributed by atoms with Crippen LogP contribution in [0.5, 0.6) is 5.75 Å². The SMILES string of the molecule is Cc1ccccc1COc1cc(C2C=Cc3nc[nH]c3C2)sc1C(=O)O. The molecule has 1 atom stereocenters. The van der Waals surface area contributed by atoms with Gasteiger partial charge in [0.15, 0.2) is 4.88 Å². The number of ether oxygens (including phenoxy) is 1. The lowest BCUT2D eigenvalue weighted by Crippen LogP contribution is -2.04. The minimum absolute atomic E-state index is 0.127. The van der Waals surface area contributed by atoms with Gasteiger partial charge < -0.3 is 14.8 Å². The zero-order chi connectivity index (χ0) is 18.1. The van der Waals surface area contributed by atoms with Crippen LogP contribution < -0.4 is 4.74 Å². The Labute approximate surface area is 155 Å². The van der Waals surface area contributed by atoms with Gasteiger partial charge in [-0.25, -0.2) is 9.78 Å². The molecule has 26 heavy (non-hydrogen) atoms. The van der Waals surface area contributed by atoms with Crippen LogP contribution in [-0.2, 0) is 13.0 Å². The molecular formula is C20H18N2O3S. The van der Waals surface area contributed by atoms with Gasteiger partial charge in [-0.3, -0.25) is 0 Å². The van der Waals surface area contributed by atoms with Gasteiger partial charge in [-0.2, -0.15) is 0 Å². The monoisotopic (exact) mass is 366 g/mol. The fourth-order valence-electron chi connectivity index (χ4n) is 3.09. The second kappa shape index (κ2) is 6.80. The van der Waals surface area contributed by atoms with Gasteiger partial charge in [-0.15, -0.1) is 11.3 Å². The van der Waals surface area contributed by atoms with Crippen molar-refractivity contribution in [3.8, 4) is 5.75 Å². The van der Waals surface area contributed by atoms with Crippen LogP contribution in [0.3, 0.4) is 0 Å². The van der Waals surface area contributed by atoms with Crippen LogP contribution in [0.1, 0.15) is 43.0 Å². The summed E-state index contributed by atoms with van der Waals surface area (Å²) in [6.45, 7) is 2.37. The lowest BCUT2D eigenvalue weighted by Gasteiger charge is -2.14. The Kier molecular flexibility index (Phi) is 4.34. The van der Waals surface area contributed by atoms with Gasteiger partial charge in [0, 0.05) is 22.9 Å². The number of carbonyl (C=O) groups is 1. The van der Waals surface area contributed by atoms with Gasteiger partial charge in [-0.05, 0) is 30.2 Å². The van der Waals surface area contributed by atoms with E-state index in [9.17, 15) is 9.90 Å². The number of rotatable bonds is 5. The average molecular weight is 366 g/mol. The van der Waals surface area contributed by atoms with Gasteiger partial charge in [0.2, 0.25) is 0 Å². The second-order valence-corrected chi connectivity index (χ2v) is 7.38. The molecule has 0 spiro atoms. The smallest absolute Gasteiger partial charge is 0.349 e. The molecule has 1 unspecified atom stereocenters. The molecule has 5 nitrogen and oxygen atoms in total. The summed E-state index contributed by atoms with van der Waals surface area (Å²) in [5.74, 6) is -0.394. The maximum atomic E-state index is 11.6. The fourth-order valence-corrected chi connectivity index (χ4v) is 4.11. The van der Waals surface area contributed by atoms with Crippen molar-refractivity contribution in [3.63, 3.8) is 0 Å². The molecule has 4 rings (SSSR count). The summed E-state index contributed by atoms with van der Waals surface area (Å²) in [5, 5.41) is 9.55. The molecule has 3 aromatic rings. The van der Waals surface area contributed by atoms with Gasteiger partial charge >= 0.3 is 5.97 Å². The number of hydrogen-bond donors (Lipinski definition) is 2. The molecule has 2 N–H and O–H groups in total.